The Morgan fingerprint density at radius 2 is 1.80 bits per heavy atom. The van der Waals surface area contributed by atoms with E-state index in [-0.39, 0.29) is 0 Å². The molecule has 0 aromatic rings. The van der Waals surface area contributed by atoms with Crippen LogP contribution in [0.4, 0.5) is 0 Å². The van der Waals surface area contributed by atoms with E-state index in [1.807, 2.05) is 0 Å². The number of alkyl halides is 1. The highest BCUT2D eigenvalue weighted by Gasteiger charge is 2.69. The third-order valence-corrected chi connectivity index (χ3v) is 6.23. The fourth-order valence-electron chi connectivity index (χ4n) is 4.29. The fourth-order valence-corrected chi connectivity index (χ4v) is 5.71. The molecule has 0 nitrogen and oxygen atoms in total. The van der Waals surface area contributed by atoms with Gasteiger partial charge in [0.1, 0.15) is 0 Å². The molecule has 0 aromatic heterocycles. The Hall–Kier alpha value is 0.480. The van der Waals surface area contributed by atoms with Crippen LogP contribution in [0.5, 0.6) is 0 Å². The van der Waals surface area contributed by atoms with Crippen molar-refractivity contribution < 1.29 is 0 Å². The molecule has 0 amide bonds. The summed E-state index contributed by atoms with van der Waals surface area (Å²) in [7, 11) is 0. The summed E-state index contributed by atoms with van der Waals surface area (Å²) in [5.41, 5.74) is 1.34. The van der Waals surface area contributed by atoms with E-state index in [1.165, 1.54) is 43.9 Å². The molecule has 1 spiro atoms. The second-order valence-electron chi connectivity index (χ2n) is 6.32. The first-order valence-corrected chi connectivity index (χ1v) is 7.76. The van der Waals surface area contributed by atoms with E-state index >= 15 is 0 Å². The van der Waals surface area contributed by atoms with Crippen molar-refractivity contribution in [2.24, 2.45) is 22.7 Å². The summed E-state index contributed by atoms with van der Waals surface area (Å²) >= 11 is 3.71. The molecule has 2 fully saturated rings. The quantitative estimate of drug-likeness (QED) is 0.634. The second-order valence-corrected chi connectivity index (χ2v) is 6.96. The third kappa shape index (κ3) is 1.69. The summed E-state index contributed by atoms with van der Waals surface area (Å²) in [4.78, 5) is 0. The predicted octanol–water partition coefficient (Wildman–Crippen LogP) is 5.01. The van der Waals surface area contributed by atoms with Gasteiger partial charge in [0.25, 0.3) is 0 Å². The molecule has 1 unspecified atom stereocenters. The Balaban J connectivity index is 1.94. The van der Waals surface area contributed by atoms with Crippen LogP contribution in [0.3, 0.4) is 0 Å². The van der Waals surface area contributed by atoms with Gasteiger partial charge in [-0.2, -0.15) is 0 Å². The van der Waals surface area contributed by atoms with Gasteiger partial charge in [0.05, 0.1) is 0 Å². The lowest BCUT2D eigenvalue weighted by molar-refractivity contribution is 0.202. The van der Waals surface area contributed by atoms with Gasteiger partial charge in [-0.25, -0.2) is 0 Å². The molecule has 1 atom stereocenters. The van der Waals surface area contributed by atoms with Crippen molar-refractivity contribution in [2.75, 3.05) is 5.33 Å². The van der Waals surface area contributed by atoms with E-state index in [1.54, 1.807) is 0 Å². The van der Waals surface area contributed by atoms with Crippen LogP contribution in [-0.2, 0) is 0 Å². The van der Waals surface area contributed by atoms with Crippen LogP contribution in [0.2, 0.25) is 0 Å². The molecule has 0 aromatic carbocycles. The summed E-state index contributed by atoms with van der Waals surface area (Å²) in [5, 5.41) is 1.22. The first kappa shape index (κ1) is 12.0. The highest BCUT2D eigenvalue weighted by molar-refractivity contribution is 9.09. The van der Waals surface area contributed by atoms with Gasteiger partial charge in [-0.3, -0.25) is 0 Å². The summed E-state index contributed by atoms with van der Waals surface area (Å²) in [6.07, 6.45) is 8.85. The molecule has 0 N–H and O–H groups in total. The number of hydrogen-bond donors (Lipinski definition) is 0. The zero-order valence-corrected chi connectivity index (χ0v) is 12.1. The normalized spacial score (nSPS) is 43.2. The molecular formula is C14H25Br. The van der Waals surface area contributed by atoms with Crippen molar-refractivity contribution in [2.45, 2.75) is 59.3 Å². The van der Waals surface area contributed by atoms with E-state index in [0.717, 1.165) is 17.3 Å². The van der Waals surface area contributed by atoms with Crippen molar-refractivity contribution in [3.05, 3.63) is 0 Å². The van der Waals surface area contributed by atoms with Gasteiger partial charge in [-0.15, -0.1) is 0 Å². The van der Waals surface area contributed by atoms with E-state index in [4.69, 9.17) is 0 Å². The van der Waals surface area contributed by atoms with Gasteiger partial charge < -0.3 is 0 Å². The van der Waals surface area contributed by atoms with Crippen LogP contribution in [0.25, 0.3) is 0 Å². The fraction of sp³-hybridized carbons (Fsp3) is 1.00. The molecule has 0 radical (unpaired) electrons. The van der Waals surface area contributed by atoms with E-state index in [9.17, 15) is 0 Å². The number of hydrogen-bond acceptors (Lipinski definition) is 0. The molecule has 0 heterocycles. The van der Waals surface area contributed by atoms with Crippen LogP contribution < -0.4 is 0 Å². The number of rotatable bonds is 3. The van der Waals surface area contributed by atoms with Gasteiger partial charge >= 0.3 is 0 Å². The Kier molecular flexibility index (Phi) is 3.23. The lowest BCUT2D eigenvalue weighted by atomic mass is 9.74. The second kappa shape index (κ2) is 4.05. The van der Waals surface area contributed by atoms with Crippen molar-refractivity contribution in [1.29, 1.82) is 0 Å². The lowest BCUT2D eigenvalue weighted by Gasteiger charge is -2.31. The van der Waals surface area contributed by atoms with Gasteiger partial charge in [0.15, 0.2) is 0 Å². The van der Waals surface area contributed by atoms with Gasteiger partial charge in [0.2, 0.25) is 0 Å². The van der Waals surface area contributed by atoms with Crippen LogP contribution in [0, 0.1) is 22.7 Å². The predicted molar refractivity (Wildman–Crippen MR) is 70.4 cm³/mol. The van der Waals surface area contributed by atoms with Crippen molar-refractivity contribution in [1.82, 2.24) is 0 Å². The van der Waals surface area contributed by atoms with E-state index in [2.05, 4.69) is 36.7 Å². The molecule has 88 valence electrons. The van der Waals surface area contributed by atoms with E-state index < -0.39 is 0 Å². The van der Waals surface area contributed by atoms with Gasteiger partial charge in [-0.05, 0) is 48.3 Å². The van der Waals surface area contributed by atoms with Crippen LogP contribution >= 0.6 is 15.9 Å². The molecule has 2 saturated carbocycles. The molecule has 2 aliphatic carbocycles. The SMILES string of the molecule is CCCC1CCC2(CC1)C(CBr)C2(C)C. The Morgan fingerprint density at radius 3 is 2.20 bits per heavy atom. The highest BCUT2D eigenvalue weighted by Crippen LogP contribution is 2.75. The zero-order valence-electron chi connectivity index (χ0n) is 10.5. The van der Waals surface area contributed by atoms with Crippen molar-refractivity contribution in [3.8, 4) is 0 Å². The minimum Gasteiger partial charge on any atom is -0.0925 e. The Labute approximate surface area is 103 Å². The first-order chi connectivity index (χ1) is 7.08. The lowest BCUT2D eigenvalue weighted by Crippen LogP contribution is -2.20. The molecule has 15 heavy (non-hydrogen) atoms. The molecule has 0 saturated heterocycles. The van der Waals surface area contributed by atoms with Crippen molar-refractivity contribution >= 4 is 15.9 Å². The summed E-state index contributed by atoms with van der Waals surface area (Å²) in [6, 6.07) is 0. The molecule has 0 bridgehead atoms. The largest absolute Gasteiger partial charge is 0.0925 e. The molecule has 0 aliphatic heterocycles. The van der Waals surface area contributed by atoms with Crippen LogP contribution in [-0.4, -0.2) is 5.33 Å². The van der Waals surface area contributed by atoms with Crippen LogP contribution in [0.1, 0.15) is 59.3 Å². The molecule has 1 heteroatoms. The minimum atomic E-state index is 0.619. The van der Waals surface area contributed by atoms with Crippen molar-refractivity contribution in [3.63, 3.8) is 0 Å². The van der Waals surface area contributed by atoms with Gasteiger partial charge in [0, 0.05) is 5.33 Å². The smallest absolute Gasteiger partial charge is 0.00704 e. The monoisotopic (exact) mass is 272 g/mol. The number of halogens is 1. The maximum Gasteiger partial charge on any atom is 0.00704 e. The molecule has 2 aliphatic rings. The zero-order chi connectivity index (χ0) is 11.1. The first-order valence-electron chi connectivity index (χ1n) is 6.64. The topological polar surface area (TPSA) is 0 Å². The average Bonchev–Trinajstić information content (AvgIpc) is 2.66. The maximum atomic E-state index is 3.71. The summed E-state index contributed by atoms with van der Waals surface area (Å²) < 4.78 is 0. The van der Waals surface area contributed by atoms with Crippen LogP contribution in [0.15, 0.2) is 0 Å². The highest BCUT2D eigenvalue weighted by atomic mass is 79.9. The summed E-state index contributed by atoms with van der Waals surface area (Å²) in [5.74, 6) is 2.00. The Morgan fingerprint density at radius 1 is 1.20 bits per heavy atom. The van der Waals surface area contributed by atoms with Gasteiger partial charge in [-0.1, -0.05) is 49.5 Å². The maximum absolute atomic E-state index is 3.71. The summed E-state index contributed by atoms with van der Waals surface area (Å²) in [6.45, 7) is 7.30. The van der Waals surface area contributed by atoms with E-state index in [0.29, 0.717) is 5.41 Å². The minimum absolute atomic E-state index is 0.619. The molecule has 2 rings (SSSR count). The Bertz CT molecular complexity index is 223. The third-order valence-electron chi connectivity index (χ3n) is 5.59. The standard InChI is InChI=1S/C14H25Br/c1-4-5-11-6-8-14(9-7-11)12(10-15)13(14,2)3/h11-12H,4-10H2,1-3H3. The molecular weight excluding hydrogens is 248 g/mol. The average molecular weight is 273 g/mol.